The van der Waals surface area contributed by atoms with E-state index in [9.17, 15) is 9.59 Å². The molecule has 0 radical (unpaired) electrons. The van der Waals surface area contributed by atoms with Gasteiger partial charge in [0.1, 0.15) is 0 Å². The number of carbonyl (C=O) groups excluding carboxylic acids is 2. The van der Waals surface area contributed by atoms with Crippen LogP contribution in [0.5, 0.6) is 17.2 Å². The van der Waals surface area contributed by atoms with Gasteiger partial charge in [-0.15, -0.1) is 0 Å². The standard InChI is InChI=1S/C20H22N2O5/c1-22-15-7-6-14(9-12(15)5-8-18(22)23)21-20(24)13-10-16(25-2)19(27-4)17(11-13)26-3/h6-7,9-11H,5,8H2,1-4H3,(H,21,24). The topological polar surface area (TPSA) is 77.1 Å². The summed E-state index contributed by atoms with van der Waals surface area (Å²) in [7, 11) is 6.27. The van der Waals surface area contributed by atoms with Crippen LogP contribution >= 0.6 is 0 Å². The second-order valence-electron chi connectivity index (χ2n) is 6.16. The van der Waals surface area contributed by atoms with E-state index in [4.69, 9.17) is 14.2 Å². The van der Waals surface area contributed by atoms with Crippen molar-refractivity contribution in [2.75, 3.05) is 38.6 Å². The van der Waals surface area contributed by atoms with E-state index in [0.717, 1.165) is 11.3 Å². The molecule has 142 valence electrons. The number of fused-ring (bicyclic) bond motifs is 1. The summed E-state index contributed by atoms with van der Waals surface area (Å²) < 4.78 is 15.9. The maximum absolute atomic E-state index is 12.7. The Hall–Kier alpha value is -3.22. The number of nitrogens with one attached hydrogen (secondary N) is 1. The van der Waals surface area contributed by atoms with E-state index in [1.54, 1.807) is 30.1 Å². The number of hydrogen-bond donors (Lipinski definition) is 1. The van der Waals surface area contributed by atoms with Crippen LogP contribution in [0.25, 0.3) is 0 Å². The molecule has 1 aliphatic rings. The lowest BCUT2D eigenvalue weighted by molar-refractivity contribution is -0.118. The van der Waals surface area contributed by atoms with Crippen molar-refractivity contribution in [3.05, 3.63) is 41.5 Å². The number of rotatable bonds is 5. The number of ether oxygens (including phenoxy) is 3. The lowest BCUT2D eigenvalue weighted by atomic mass is 10.0. The van der Waals surface area contributed by atoms with E-state index in [-0.39, 0.29) is 11.8 Å². The van der Waals surface area contributed by atoms with Crippen LogP contribution in [0.4, 0.5) is 11.4 Å². The maximum Gasteiger partial charge on any atom is 0.255 e. The fourth-order valence-corrected chi connectivity index (χ4v) is 3.15. The number of anilines is 2. The van der Waals surface area contributed by atoms with E-state index in [0.29, 0.717) is 41.3 Å². The molecular weight excluding hydrogens is 348 g/mol. The minimum absolute atomic E-state index is 0.0942. The Labute approximate surface area is 157 Å². The van der Waals surface area contributed by atoms with Crippen LogP contribution in [0.1, 0.15) is 22.3 Å². The van der Waals surface area contributed by atoms with Gasteiger partial charge in [0.2, 0.25) is 11.7 Å². The van der Waals surface area contributed by atoms with Gasteiger partial charge in [-0.25, -0.2) is 0 Å². The molecule has 3 rings (SSSR count). The summed E-state index contributed by atoms with van der Waals surface area (Å²) in [6, 6.07) is 8.72. The molecule has 2 amide bonds. The molecular formula is C20H22N2O5. The molecule has 1 heterocycles. The minimum Gasteiger partial charge on any atom is -0.493 e. The maximum atomic E-state index is 12.7. The second-order valence-corrected chi connectivity index (χ2v) is 6.16. The third-order valence-corrected chi connectivity index (χ3v) is 4.61. The Morgan fingerprint density at radius 1 is 1.00 bits per heavy atom. The van der Waals surface area contributed by atoms with E-state index in [2.05, 4.69) is 5.32 Å². The number of nitrogens with zero attached hydrogens (tertiary/aromatic N) is 1. The molecule has 1 aliphatic heterocycles. The van der Waals surface area contributed by atoms with Crippen LogP contribution in [-0.2, 0) is 11.2 Å². The first kappa shape index (κ1) is 18.6. The van der Waals surface area contributed by atoms with Crippen molar-refractivity contribution < 1.29 is 23.8 Å². The Bertz CT molecular complexity index is 869. The summed E-state index contributed by atoms with van der Waals surface area (Å²) in [5.41, 5.74) is 2.95. The Morgan fingerprint density at radius 2 is 1.67 bits per heavy atom. The van der Waals surface area contributed by atoms with Gasteiger partial charge in [0.15, 0.2) is 11.5 Å². The van der Waals surface area contributed by atoms with Gasteiger partial charge < -0.3 is 24.4 Å². The monoisotopic (exact) mass is 370 g/mol. The second kappa shape index (κ2) is 7.57. The molecule has 0 bridgehead atoms. The smallest absolute Gasteiger partial charge is 0.255 e. The Kier molecular flexibility index (Phi) is 5.21. The number of carbonyl (C=O) groups is 2. The number of benzene rings is 2. The van der Waals surface area contributed by atoms with E-state index in [1.807, 2.05) is 12.1 Å². The first-order valence-corrected chi connectivity index (χ1v) is 8.49. The average Bonchev–Trinajstić information content (AvgIpc) is 2.69. The van der Waals surface area contributed by atoms with Crippen LogP contribution < -0.4 is 24.4 Å². The molecule has 7 nitrogen and oxygen atoms in total. The van der Waals surface area contributed by atoms with Gasteiger partial charge >= 0.3 is 0 Å². The van der Waals surface area contributed by atoms with Gasteiger partial charge in [-0.3, -0.25) is 9.59 Å². The highest BCUT2D eigenvalue weighted by atomic mass is 16.5. The SMILES string of the molecule is COc1cc(C(=O)Nc2ccc3c(c2)CCC(=O)N3C)cc(OC)c1OC. The fraction of sp³-hybridized carbons (Fsp3) is 0.300. The first-order chi connectivity index (χ1) is 13.0. The molecule has 2 aromatic carbocycles. The van der Waals surface area contributed by atoms with Gasteiger partial charge in [0, 0.05) is 30.4 Å². The van der Waals surface area contributed by atoms with Gasteiger partial charge in [-0.05, 0) is 42.3 Å². The van der Waals surface area contributed by atoms with E-state index >= 15 is 0 Å². The molecule has 2 aromatic rings. The lowest BCUT2D eigenvalue weighted by Crippen LogP contribution is -2.31. The Morgan fingerprint density at radius 3 is 2.26 bits per heavy atom. The number of aryl methyl sites for hydroxylation is 1. The number of methoxy groups -OCH3 is 3. The predicted molar refractivity (Wildman–Crippen MR) is 102 cm³/mol. The van der Waals surface area contributed by atoms with Crippen LogP contribution in [0, 0.1) is 0 Å². The number of hydrogen-bond acceptors (Lipinski definition) is 5. The van der Waals surface area contributed by atoms with E-state index in [1.165, 1.54) is 21.3 Å². The lowest BCUT2D eigenvalue weighted by Gasteiger charge is -2.26. The van der Waals surface area contributed by atoms with Crippen molar-refractivity contribution in [2.45, 2.75) is 12.8 Å². The van der Waals surface area contributed by atoms with Crippen LogP contribution in [-0.4, -0.2) is 40.2 Å². The normalized spacial score (nSPS) is 13.0. The summed E-state index contributed by atoms with van der Waals surface area (Å²) in [5.74, 6) is 1.05. The predicted octanol–water partition coefficient (Wildman–Crippen LogP) is 2.87. The zero-order valence-corrected chi connectivity index (χ0v) is 15.8. The molecule has 7 heteroatoms. The third kappa shape index (κ3) is 3.53. The van der Waals surface area contributed by atoms with Gasteiger partial charge in [0.25, 0.3) is 5.91 Å². The molecule has 0 aliphatic carbocycles. The van der Waals surface area contributed by atoms with Crippen LogP contribution in [0.3, 0.4) is 0 Å². The molecule has 0 saturated heterocycles. The van der Waals surface area contributed by atoms with Crippen molar-refractivity contribution in [2.24, 2.45) is 0 Å². The minimum atomic E-state index is -0.297. The molecule has 0 unspecified atom stereocenters. The summed E-state index contributed by atoms with van der Waals surface area (Å²) in [6.45, 7) is 0. The number of amides is 2. The zero-order valence-electron chi connectivity index (χ0n) is 15.8. The van der Waals surface area contributed by atoms with E-state index < -0.39 is 0 Å². The average molecular weight is 370 g/mol. The largest absolute Gasteiger partial charge is 0.493 e. The molecule has 0 aromatic heterocycles. The quantitative estimate of drug-likeness (QED) is 0.876. The fourth-order valence-electron chi connectivity index (χ4n) is 3.15. The zero-order chi connectivity index (χ0) is 19.6. The van der Waals surface area contributed by atoms with Gasteiger partial charge in [0.05, 0.1) is 21.3 Å². The molecule has 1 N–H and O–H groups in total. The summed E-state index contributed by atoms with van der Waals surface area (Å²) in [5, 5.41) is 2.88. The van der Waals surface area contributed by atoms with Crippen molar-refractivity contribution in [3.63, 3.8) is 0 Å². The van der Waals surface area contributed by atoms with Crippen molar-refractivity contribution in [1.29, 1.82) is 0 Å². The van der Waals surface area contributed by atoms with Crippen molar-refractivity contribution >= 4 is 23.2 Å². The van der Waals surface area contributed by atoms with Crippen LogP contribution in [0.2, 0.25) is 0 Å². The molecule has 0 saturated carbocycles. The summed E-state index contributed by atoms with van der Waals surface area (Å²) >= 11 is 0. The highest BCUT2D eigenvalue weighted by Gasteiger charge is 2.22. The highest BCUT2D eigenvalue weighted by molar-refractivity contribution is 6.05. The summed E-state index contributed by atoms with van der Waals surface area (Å²) in [4.78, 5) is 26.1. The van der Waals surface area contributed by atoms with Gasteiger partial charge in [-0.2, -0.15) is 0 Å². The van der Waals surface area contributed by atoms with Crippen LogP contribution in [0.15, 0.2) is 30.3 Å². The third-order valence-electron chi connectivity index (χ3n) is 4.61. The van der Waals surface area contributed by atoms with Gasteiger partial charge in [-0.1, -0.05) is 0 Å². The van der Waals surface area contributed by atoms with Crippen molar-refractivity contribution in [1.82, 2.24) is 0 Å². The highest BCUT2D eigenvalue weighted by Crippen LogP contribution is 2.38. The molecule has 27 heavy (non-hydrogen) atoms. The first-order valence-electron chi connectivity index (χ1n) is 8.49. The molecule has 0 spiro atoms. The summed E-state index contributed by atoms with van der Waals surface area (Å²) in [6.07, 6.45) is 1.13. The van der Waals surface area contributed by atoms with Crippen molar-refractivity contribution in [3.8, 4) is 17.2 Å². The Balaban J connectivity index is 1.87. The molecule has 0 fully saturated rings. The molecule has 0 atom stereocenters.